The summed E-state index contributed by atoms with van der Waals surface area (Å²) in [7, 11) is 0. The third-order valence-corrected chi connectivity index (χ3v) is 5.67. The number of hydrogen-bond acceptors (Lipinski definition) is 5. The molecule has 1 aliphatic heterocycles. The first-order valence-corrected chi connectivity index (χ1v) is 9.80. The molecule has 1 saturated heterocycles. The first kappa shape index (κ1) is 19.2. The van der Waals surface area contributed by atoms with Gasteiger partial charge < -0.3 is 10.6 Å². The van der Waals surface area contributed by atoms with Crippen LogP contribution in [0.25, 0.3) is 10.9 Å². The molecule has 1 aromatic carbocycles. The Morgan fingerprint density at radius 2 is 2.00 bits per heavy atom. The van der Waals surface area contributed by atoms with Gasteiger partial charge in [0.15, 0.2) is 5.16 Å². The van der Waals surface area contributed by atoms with E-state index >= 15 is 0 Å². The molecular weight excluding hydrogens is 364 g/mol. The van der Waals surface area contributed by atoms with E-state index in [0.717, 1.165) is 0 Å². The Hall–Kier alpha value is -2.61. The lowest BCUT2D eigenvalue weighted by atomic mass is 9.96. The second-order valence-electron chi connectivity index (χ2n) is 6.46. The van der Waals surface area contributed by atoms with Crippen LogP contribution >= 0.6 is 11.8 Å². The molecule has 3 rings (SSSR count). The first-order valence-electron chi connectivity index (χ1n) is 8.81. The monoisotopic (exact) mass is 386 g/mol. The van der Waals surface area contributed by atoms with Gasteiger partial charge in [-0.05, 0) is 25.0 Å². The zero-order valence-corrected chi connectivity index (χ0v) is 15.8. The predicted octanol–water partition coefficient (Wildman–Crippen LogP) is 1.40. The lowest BCUT2D eigenvalue weighted by molar-refractivity contribution is -0.132. The van der Waals surface area contributed by atoms with Crippen molar-refractivity contribution in [2.75, 3.05) is 18.8 Å². The Labute approximate surface area is 161 Å². The van der Waals surface area contributed by atoms with Crippen LogP contribution in [-0.4, -0.2) is 45.1 Å². The minimum absolute atomic E-state index is 0.0320. The van der Waals surface area contributed by atoms with Crippen LogP contribution in [0.15, 0.2) is 46.9 Å². The Bertz CT molecular complexity index is 932. The van der Waals surface area contributed by atoms with Crippen molar-refractivity contribution in [1.82, 2.24) is 14.5 Å². The number of aromatic nitrogens is 2. The number of likely N-dealkylation sites (tertiary alicyclic amines) is 1. The molecule has 2 heterocycles. The fraction of sp³-hybridized carbons (Fsp3) is 0.368. The third-order valence-electron chi connectivity index (χ3n) is 4.71. The Morgan fingerprint density at radius 1 is 1.30 bits per heavy atom. The van der Waals surface area contributed by atoms with Gasteiger partial charge in [0.2, 0.25) is 11.8 Å². The van der Waals surface area contributed by atoms with E-state index in [1.807, 2.05) is 6.07 Å². The van der Waals surface area contributed by atoms with Crippen LogP contribution < -0.4 is 11.3 Å². The fourth-order valence-corrected chi connectivity index (χ4v) is 4.09. The van der Waals surface area contributed by atoms with E-state index in [0.29, 0.717) is 48.5 Å². The summed E-state index contributed by atoms with van der Waals surface area (Å²) in [4.78, 5) is 42.8. The van der Waals surface area contributed by atoms with E-state index < -0.39 is 0 Å². The quantitative estimate of drug-likeness (QED) is 0.460. The van der Waals surface area contributed by atoms with Crippen LogP contribution in [0.2, 0.25) is 0 Å². The highest BCUT2D eigenvalue weighted by molar-refractivity contribution is 7.99. The van der Waals surface area contributed by atoms with Crippen molar-refractivity contribution in [2.45, 2.75) is 24.5 Å². The van der Waals surface area contributed by atoms with Gasteiger partial charge in [0.1, 0.15) is 0 Å². The molecule has 0 atom stereocenters. The molecular formula is C19H22N4O3S. The number of hydrogen-bond donors (Lipinski definition) is 1. The molecule has 0 bridgehead atoms. The number of carbonyl (C=O) groups excluding carboxylic acids is 2. The van der Waals surface area contributed by atoms with Crippen molar-refractivity contribution in [3.05, 3.63) is 47.3 Å². The Kier molecular flexibility index (Phi) is 5.95. The maximum atomic E-state index is 12.7. The van der Waals surface area contributed by atoms with Gasteiger partial charge in [0, 0.05) is 25.6 Å². The standard InChI is InChI=1S/C19H22N4O3S/c1-2-9-23-18(26)14-5-3-4-6-15(14)21-19(23)27-12-16(24)22-10-7-13(8-11-22)17(20)25/h2-6,13H,1,7-12H2,(H2,20,25). The lowest BCUT2D eigenvalue weighted by Crippen LogP contribution is -2.42. The molecule has 2 amide bonds. The zero-order valence-electron chi connectivity index (χ0n) is 15.0. The number of fused-ring (bicyclic) bond motifs is 1. The molecule has 2 aromatic rings. The number of allylic oxidation sites excluding steroid dienone is 1. The predicted molar refractivity (Wildman–Crippen MR) is 105 cm³/mol. The summed E-state index contributed by atoms with van der Waals surface area (Å²) in [5, 5.41) is 1.04. The van der Waals surface area contributed by atoms with Gasteiger partial charge in [0.25, 0.3) is 5.56 Å². The van der Waals surface area contributed by atoms with Gasteiger partial charge in [0.05, 0.1) is 16.7 Å². The van der Waals surface area contributed by atoms with Crippen molar-refractivity contribution in [3.8, 4) is 0 Å². The molecule has 2 N–H and O–H groups in total. The topological polar surface area (TPSA) is 98.3 Å². The molecule has 7 nitrogen and oxygen atoms in total. The molecule has 1 aliphatic rings. The van der Waals surface area contributed by atoms with E-state index in [-0.39, 0.29) is 29.0 Å². The maximum Gasteiger partial charge on any atom is 0.262 e. The number of amides is 2. The number of piperidine rings is 1. The number of nitrogens with zero attached hydrogens (tertiary/aromatic N) is 3. The summed E-state index contributed by atoms with van der Waals surface area (Å²) < 4.78 is 1.53. The van der Waals surface area contributed by atoms with Crippen LogP contribution in [0.3, 0.4) is 0 Å². The van der Waals surface area contributed by atoms with Gasteiger partial charge in [-0.15, -0.1) is 6.58 Å². The Morgan fingerprint density at radius 3 is 2.67 bits per heavy atom. The summed E-state index contributed by atoms with van der Waals surface area (Å²) in [5.74, 6) is -0.300. The minimum Gasteiger partial charge on any atom is -0.369 e. The van der Waals surface area contributed by atoms with Crippen LogP contribution in [0.5, 0.6) is 0 Å². The van der Waals surface area contributed by atoms with Gasteiger partial charge in [-0.2, -0.15) is 0 Å². The number of nitrogens with two attached hydrogens (primary N) is 1. The summed E-state index contributed by atoms with van der Waals surface area (Å²) in [5.41, 5.74) is 5.80. The average Bonchev–Trinajstić information content (AvgIpc) is 2.68. The first-order chi connectivity index (χ1) is 13.0. The van der Waals surface area contributed by atoms with Crippen molar-refractivity contribution >= 4 is 34.5 Å². The molecule has 0 saturated carbocycles. The smallest absolute Gasteiger partial charge is 0.262 e. The average molecular weight is 386 g/mol. The molecule has 0 unspecified atom stereocenters. The number of carbonyl (C=O) groups is 2. The molecule has 1 fully saturated rings. The number of rotatable bonds is 6. The number of primary amides is 1. The van der Waals surface area contributed by atoms with E-state index in [2.05, 4.69) is 11.6 Å². The molecule has 1 aromatic heterocycles. The van der Waals surface area contributed by atoms with Crippen molar-refractivity contribution in [1.29, 1.82) is 0 Å². The van der Waals surface area contributed by atoms with Crippen molar-refractivity contribution in [2.24, 2.45) is 11.7 Å². The van der Waals surface area contributed by atoms with E-state index in [1.54, 1.807) is 29.2 Å². The molecule has 0 spiro atoms. The van der Waals surface area contributed by atoms with Gasteiger partial charge in [-0.1, -0.05) is 30.0 Å². The maximum absolute atomic E-state index is 12.7. The van der Waals surface area contributed by atoms with E-state index in [4.69, 9.17) is 5.73 Å². The summed E-state index contributed by atoms with van der Waals surface area (Å²) >= 11 is 1.25. The molecule has 27 heavy (non-hydrogen) atoms. The molecule has 0 aliphatic carbocycles. The van der Waals surface area contributed by atoms with Crippen LogP contribution in [0.1, 0.15) is 12.8 Å². The Balaban J connectivity index is 1.74. The third kappa shape index (κ3) is 4.21. The highest BCUT2D eigenvalue weighted by Gasteiger charge is 2.26. The molecule has 8 heteroatoms. The van der Waals surface area contributed by atoms with Crippen molar-refractivity contribution in [3.63, 3.8) is 0 Å². The van der Waals surface area contributed by atoms with Crippen LogP contribution in [0, 0.1) is 5.92 Å². The second kappa shape index (κ2) is 8.39. The highest BCUT2D eigenvalue weighted by Crippen LogP contribution is 2.21. The van der Waals surface area contributed by atoms with E-state index in [1.165, 1.54) is 16.3 Å². The molecule has 0 radical (unpaired) electrons. The van der Waals surface area contributed by atoms with Gasteiger partial charge >= 0.3 is 0 Å². The summed E-state index contributed by atoms with van der Waals surface area (Å²) in [6, 6.07) is 7.16. The fourth-order valence-electron chi connectivity index (χ4n) is 3.18. The van der Waals surface area contributed by atoms with E-state index in [9.17, 15) is 14.4 Å². The number of thioether (sulfide) groups is 1. The van der Waals surface area contributed by atoms with Crippen molar-refractivity contribution < 1.29 is 9.59 Å². The number of para-hydroxylation sites is 1. The molecule has 142 valence electrons. The van der Waals surface area contributed by atoms with Crippen LogP contribution in [0.4, 0.5) is 0 Å². The van der Waals surface area contributed by atoms with Gasteiger partial charge in [-0.25, -0.2) is 4.98 Å². The largest absolute Gasteiger partial charge is 0.369 e. The highest BCUT2D eigenvalue weighted by atomic mass is 32.2. The SMILES string of the molecule is C=CCn1c(SCC(=O)N2CCC(C(N)=O)CC2)nc2ccccc2c1=O. The lowest BCUT2D eigenvalue weighted by Gasteiger charge is -2.30. The number of benzene rings is 1. The van der Waals surface area contributed by atoms with Crippen LogP contribution in [-0.2, 0) is 16.1 Å². The normalized spacial score (nSPS) is 15.0. The second-order valence-corrected chi connectivity index (χ2v) is 7.40. The zero-order chi connectivity index (χ0) is 19.4. The summed E-state index contributed by atoms with van der Waals surface area (Å²) in [6.45, 7) is 5.08. The summed E-state index contributed by atoms with van der Waals surface area (Å²) in [6.07, 6.45) is 2.83. The van der Waals surface area contributed by atoms with Gasteiger partial charge in [-0.3, -0.25) is 19.0 Å². The minimum atomic E-state index is -0.301.